The highest BCUT2D eigenvalue weighted by atomic mass is 35.5. The Balaban J connectivity index is 2.19. The Morgan fingerprint density at radius 3 is 2.06 bits per heavy atom. The Morgan fingerprint density at radius 1 is 1.00 bits per heavy atom. The van der Waals surface area contributed by atoms with E-state index < -0.39 is 32.5 Å². The second kappa shape index (κ2) is 9.99. The molecule has 11 heteroatoms. The summed E-state index contributed by atoms with van der Waals surface area (Å²) in [5.41, 5.74) is 1.40. The predicted octanol–water partition coefficient (Wildman–Crippen LogP) is 3.08. The fourth-order valence-electron chi connectivity index (χ4n) is 2.89. The van der Waals surface area contributed by atoms with Crippen LogP contribution in [0.4, 0.5) is 11.4 Å². The molecule has 2 rings (SSSR count). The minimum absolute atomic E-state index is 0.112. The summed E-state index contributed by atoms with van der Waals surface area (Å²) in [4.78, 5) is 12.6. The summed E-state index contributed by atoms with van der Waals surface area (Å²) in [6.07, 6.45) is 1.00. The molecule has 0 unspecified atom stereocenters. The molecule has 0 aliphatic rings. The van der Waals surface area contributed by atoms with Crippen molar-refractivity contribution in [2.75, 3.05) is 35.5 Å². The molecule has 0 bridgehead atoms. The number of hydrogen-bond donors (Lipinski definition) is 1. The fraction of sp³-hybridized carbons (Fsp3) is 0.350. The lowest BCUT2D eigenvalue weighted by molar-refractivity contribution is -0.114. The van der Waals surface area contributed by atoms with E-state index in [1.54, 1.807) is 32.9 Å². The van der Waals surface area contributed by atoms with Crippen molar-refractivity contribution in [1.82, 2.24) is 4.31 Å². The molecule has 0 aliphatic heterocycles. The van der Waals surface area contributed by atoms with Crippen LogP contribution in [-0.4, -0.2) is 52.9 Å². The molecule has 31 heavy (non-hydrogen) atoms. The number of aryl methyl sites for hydroxylation is 1. The van der Waals surface area contributed by atoms with E-state index in [1.165, 1.54) is 34.6 Å². The van der Waals surface area contributed by atoms with Gasteiger partial charge in [-0.2, -0.15) is 4.31 Å². The van der Waals surface area contributed by atoms with Crippen molar-refractivity contribution in [2.24, 2.45) is 0 Å². The minimum atomic E-state index is -3.75. The molecular weight excluding hydrogens is 462 g/mol. The van der Waals surface area contributed by atoms with Crippen LogP contribution in [0.1, 0.15) is 19.4 Å². The Labute approximate surface area is 188 Å². The maximum absolute atomic E-state index is 12.5. The molecule has 0 saturated heterocycles. The van der Waals surface area contributed by atoms with Crippen molar-refractivity contribution in [3.63, 3.8) is 0 Å². The largest absolute Gasteiger partial charge is 0.325 e. The smallest absolute Gasteiger partial charge is 0.245 e. The third-order valence-electron chi connectivity index (χ3n) is 4.61. The van der Waals surface area contributed by atoms with Crippen LogP contribution in [-0.2, 0) is 24.8 Å². The molecule has 1 amide bonds. The summed E-state index contributed by atoms with van der Waals surface area (Å²) in [5.74, 6) is -0.582. The predicted molar refractivity (Wildman–Crippen MR) is 124 cm³/mol. The third kappa shape index (κ3) is 6.19. The van der Waals surface area contributed by atoms with Gasteiger partial charge in [0.1, 0.15) is 6.54 Å². The van der Waals surface area contributed by atoms with Crippen LogP contribution in [0.25, 0.3) is 0 Å². The minimum Gasteiger partial charge on any atom is -0.325 e. The average molecular weight is 488 g/mol. The number of carbonyl (C=O) groups excluding carboxylic acids is 1. The number of nitrogens with zero attached hydrogens (tertiary/aromatic N) is 2. The first-order valence-corrected chi connectivity index (χ1v) is 13.2. The molecule has 2 aromatic rings. The Hall–Kier alpha value is -2.14. The van der Waals surface area contributed by atoms with E-state index in [1.807, 2.05) is 0 Å². The van der Waals surface area contributed by atoms with Gasteiger partial charge in [-0.1, -0.05) is 31.5 Å². The Morgan fingerprint density at radius 2 is 1.58 bits per heavy atom. The lowest BCUT2D eigenvalue weighted by Gasteiger charge is -2.22. The van der Waals surface area contributed by atoms with Crippen LogP contribution in [0, 0.1) is 6.92 Å². The number of hydrogen-bond acceptors (Lipinski definition) is 5. The number of amides is 1. The standard InChI is InChI=1S/C20H26ClN3O5S2/c1-5-23(6-2)31(28,29)18-11-8-16(9-12-18)22-20(25)14-24(30(4,26)27)17-10-7-15(3)19(21)13-17/h7-13H,5-6,14H2,1-4H3,(H,22,25). The zero-order valence-electron chi connectivity index (χ0n) is 17.8. The number of anilines is 2. The highest BCUT2D eigenvalue weighted by Gasteiger charge is 2.23. The van der Waals surface area contributed by atoms with E-state index in [-0.39, 0.29) is 10.6 Å². The van der Waals surface area contributed by atoms with Crippen LogP contribution in [0.15, 0.2) is 47.4 Å². The van der Waals surface area contributed by atoms with Gasteiger partial charge in [0, 0.05) is 23.8 Å². The number of rotatable bonds is 9. The zero-order valence-corrected chi connectivity index (χ0v) is 20.2. The summed E-state index contributed by atoms with van der Waals surface area (Å²) < 4.78 is 51.8. The van der Waals surface area contributed by atoms with Gasteiger partial charge in [-0.3, -0.25) is 9.10 Å². The van der Waals surface area contributed by atoms with Crippen molar-refractivity contribution in [3.8, 4) is 0 Å². The van der Waals surface area contributed by atoms with Crippen molar-refractivity contribution in [1.29, 1.82) is 0 Å². The highest BCUT2D eigenvalue weighted by Crippen LogP contribution is 2.25. The van der Waals surface area contributed by atoms with Crippen molar-refractivity contribution >= 4 is 48.9 Å². The normalized spacial score (nSPS) is 12.1. The molecule has 0 radical (unpaired) electrons. The second-order valence-corrected chi connectivity index (χ2v) is 11.1. The molecule has 1 N–H and O–H groups in total. The quantitative estimate of drug-likeness (QED) is 0.585. The zero-order chi connectivity index (χ0) is 23.4. The summed E-state index contributed by atoms with van der Waals surface area (Å²) >= 11 is 6.09. The first-order chi connectivity index (χ1) is 14.4. The van der Waals surface area contributed by atoms with Crippen LogP contribution in [0.3, 0.4) is 0 Å². The van der Waals surface area contributed by atoms with Gasteiger partial charge in [0.2, 0.25) is 26.0 Å². The lowest BCUT2D eigenvalue weighted by Crippen LogP contribution is -2.37. The monoisotopic (exact) mass is 487 g/mol. The van der Waals surface area contributed by atoms with E-state index in [2.05, 4.69) is 5.32 Å². The molecule has 170 valence electrons. The molecule has 0 aromatic heterocycles. The van der Waals surface area contributed by atoms with E-state index >= 15 is 0 Å². The first kappa shape index (κ1) is 25.1. The lowest BCUT2D eigenvalue weighted by atomic mass is 10.2. The number of benzene rings is 2. The Kier molecular flexibility index (Phi) is 8.09. The van der Waals surface area contributed by atoms with Gasteiger partial charge in [0.25, 0.3) is 0 Å². The maximum Gasteiger partial charge on any atom is 0.245 e. The molecule has 0 spiro atoms. The van der Waals surface area contributed by atoms with Gasteiger partial charge in [-0.05, 0) is 48.9 Å². The van der Waals surface area contributed by atoms with Crippen LogP contribution in [0.2, 0.25) is 5.02 Å². The third-order valence-corrected chi connectivity index (χ3v) is 8.22. The van der Waals surface area contributed by atoms with Gasteiger partial charge in [-0.25, -0.2) is 16.8 Å². The molecule has 0 heterocycles. The first-order valence-electron chi connectivity index (χ1n) is 9.54. The number of halogens is 1. The van der Waals surface area contributed by atoms with Gasteiger partial charge >= 0.3 is 0 Å². The maximum atomic E-state index is 12.5. The van der Waals surface area contributed by atoms with Gasteiger partial charge in [0.15, 0.2) is 0 Å². The van der Waals surface area contributed by atoms with E-state index in [4.69, 9.17) is 11.6 Å². The average Bonchev–Trinajstić information content (AvgIpc) is 2.68. The fourth-order valence-corrected chi connectivity index (χ4v) is 5.37. The molecule has 0 aliphatic carbocycles. The van der Waals surface area contributed by atoms with Gasteiger partial charge in [0.05, 0.1) is 16.8 Å². The number of sulfonamides is 2. The van der Waals surface area contributed by atoms with Crippen LogP contribution >= 0.6 is 11.6 Å². The number of carbonyl (C=O) groups is 1. The summed E-state index contributed by atoms with van der Waals surface area (Å²) in [5, 5.41) is 2.98. The SMILES string of the molecule is CCN(CC)S(=O)(=O)c1ccc(NC(=O)CN(c2ccc(C)c(Cl)c2)S(C)(=O)=O)cc1. The van der Waals surface area contributed by atoms with Crippen molar-refractivity contribution < 1.29 is 21.6 Å². The summed E-state index contributed by atoms with van der Waals surface area (Å²) in [6, 6.07) is 10.4. The molecular formula is C20H26ClN3O5S2. The van der Waals surface area contributed by atoms with E-state index in [0.29, 0.717) is 23.8 Å². The molecule has 2 aromatic carbocycles. The van der Waals surface area contributed by atoms with Gasteiger partial charge in [-0.15, -0.1) is 0 Å². The van der Waals surface area contributed by atoms with Crippen molar-refractivity contribution in [2.45, 2.75) is 25.7 Å². The molecule has 0 fully saturated rings. The summed E-state index contributed by atoms with van der Waals surface area (Å²) in [7, 11) is -7.36. The Bertz CT molecular complexity index is 1150. The van der Waals surface area contributed by atoms with Crippen molar-refractivity contribution in [3.05, 3.63) is 53.1 Å². The number of nitrogens with one attached hydrogen (secondary N) is 1. The molecule has 0 saturated carbocycles. The van der Waals surface area contributed by atoms with E-state index in [9.17, 15) is 21.6 Å². The van der Waals surface area contributed by atoms with Gasteiger partial charge < -0.3 is 5.32 Å². The molecule has 0 atom stereocenters. The highest BCUT2D eigenvalue weighted by molar-refractivity contribution is 7.92. The molecule has 8 nitrogen and oxygen atoms in total. The topological polar surface area (TPSA) is 104 Å². The van der Waals surface area contributed by atoms with Crippen LogP contribution < -0.4 is 9.62 Å². The van der Waals surface area contributed by atoms with Crippen LogP contribution in [0.5, 0.6) is 0 Å². The summed E-state index contributed by atoms with van der Waals surface area (Å²) in [6.45, 7) is 5.53. The van der Waals surface area contributed by atoms with E-state index in [0.717, 1.165) is 16.1 Å². The second-order valence-electron chi connectivity index (χ2n) is 6.87.